The molecule has 0 spiro atoms. The van der Waals surface area contributed by atoms with Crippen LogP contribution in [0.1, 0.15) is 52.5 Å². The van der Waals surface area contributed by atoms with E-state index in [1.807, 2.05) is 11.8 Å². The van der Waals surface area contributed by atoms with Gasteiger partial charge in [-0.05, 0) is 72.4 Å². The monoisotopic (exact) mass is 524 g/mol. The van der Waals surface area contributed by atoms with Crippen molar-refractivity contribution in [2.75, 3.05) is 23.0 Å². The van der Waals surface area contributed by atoms with Crippen LogP contribution in [0.4, 0.5) is 10.1 Å². The molecule has 1 aliphatic rings. The molecule has 0 fully saturated rings. The molecule has 0 aromatic heterocycles. The first-order chi connectivity index (χ1) is 17.5. The molecule has 8 heteroatoms. The third kappa shape index (κ3) is 6.05. The molecule has 2 amide bonds. The van der Waals surface area contributed by atoms with Gasteiger partial charge in [0.25, 0.3) is 11.8 Å². The van der Waals surface area contributed by atoms with Crippen LogP contribution in [0.25, 0.3) is 0 Å². The van der Waals surface area contributed by atoms with E-state index in [2.05, 4.69) is 12.2 Å². The van der Waals surface area contributed by atoms with Crippen molar-refractivity contribution in [1.82, 2.24) is 5.32 Å². The van der Waals surface area contributed by atoms with Crippen LogP contribution >= 0.6 is 11.8 Å². The molecule has 0 aliphatic carbocycles. The van der Waals surface area contributed by atoms with Crippen LogP contribution in [0.3, 0.4) is 0 Å². The van der Waals surface area contributed by atoms with Gasteiger partial charge >= 0.3 is 0 Å². The summed E-state index contributed by atoms with van der Waals surface area (Å²) in [6.07, 6.45) is 3.25. The number of unbranched alkanes of at least 4 members (excludes halogenated alkanes) is 1. The van der Waals surface area contributed by atoms with E-state index in [0.717, 1.165) is 23.5 Å². The number of amides is 2. The van der Waals surface area contributed by atoms with Crippen molar-refractivity contribution in [3.63, 3.8) is 0 Å². The molecule has 4 rings (SSSR count). The van der Waals surface area contributed by atoms with Crippen molar-refractivity contribution < 1.29 is 18.2 Å². The van der Waals surface area contributed by atoms with Gasteiger partial charge in [0.15, 0.2) is 0 Å². The number of benzene rings is 3. The topological polar surface area (TPSA) is 66.5 Å². The summed E-state index contributed by atoms with van der Waals surface area (Å²) < 4.78 is 27.0. The minimum Gasteiger partial charge on any atom is -0.352 e. The number of fused-ring (bicyclic) bond motifs is 2. The van der Waals surface area contributed by atoms with Crippen LogP contribution in [0.2, 0.25) is 0 Å². The quantitative estimate of drug-likeness (QED) is 0.340. The Hall–Kier alpha value is -2.97. The molecule has 0 saturated heterocycles. The summed E-state index contributed by atoms with van der Waals surface area (Å²) in [6, 6.07) is 17.7. The van der Waals surface area contributed by atoms with Crippen LogP contribution in [-0.4, -0.2) is 34.1 Å². The number of hydrogen-bond donors (Lipinski definition) is 1. The maximum absolute atomic E-state index is 13.6. The number of carbonyl (C=O) groups excluding carboxylic acids is 2. The second kappa shape index (κ2) is 12.3. The zero-order chi connectivity index (χ0) is 25.5. The zero-order valence-corrected chi connectivity index (χ0v) is 21.8. The van der Waals surface area contributed by atoms with E-state index in [4.69, 9.17) is 0 Å². The fourth-order valence-corrected chi connectivity index (χ4v) is 6.35. The number of carbonyl (C=O) groups is 2. The lowest BCUT2D eigenvalue weighted by Gasteiger charge is -2.23. The molecule has 0 unspecified atom stereocenters. The van der Waals surface area contributed by atoms with Gasteiger partial charge in [-0.2, -0.15) is 11.8 Å². The fourth-order valence-electron chi connectivity index (χ4n) is 3.96. The van der Waals surface area contributed by atoms with Crippen molar-refractivity contribution in [3.8, 4) is 0 Å². The summed E-state index contributed by atoms with van der Waals surface area (Å²) in [4.78, 5) is 28.9. The van der Waals surface area contributed by atoms with E-state index in [1.54, 1.807) is 54.6 Å². The molecule has 36 heavy (non-hydrogen) atoms. The highest BCUT2D eigenvalue weighted by molar-refractivity contribution is 7.99. The van der Waals surface area contributed by atoms with Gasteiger partial charge in [0.05, 0.1) is 38.4 Å². The molecule has 1 heterocycles. The Kier molecular flexibility index (Phi) is 8.93. The van der Waals surface area contributed by atoms with E-state index >= 15 is 0 Å². The number of nitrogens with zero attached hydrogens (tertiary/aromatic N) is 1. The Labute approximate surface area is 217 Å². The molecule has 0 radical (unpaired) electrons. The average molecular weight is 525 g/mol. The standard InChI is InChI=1S/C28H29FN2O3S2/c1-2-3-16-35-17-6-15-30-27(32)21-11-14-26-24(18-21)31(19-20-9-12-22(29)13-10-20)28(33)23-7-4-5-8-25(23)36(26)34/h4-5,7-14,18H,2-3,6,15-17,19H2,1H3,(H,30,32)/t36-/m1/s1. The number of thioether (sulfide) groups is 1. The lowest BCUT2D eigenvalue weighted by Crippen LogP contribution is -2.31. The minimum absolute atomic E-state index is 0.150. The van der Waals surface area contributed by atoms with Gasteiger partial charge in [-0.3, -0.25) is 9.59 Å². The molecular weight excluding hydrogens is 495 g/mol. The second-order valence-corrected chi connectivity index (χ2v) is 11.2. The number of rotatable bonds is 10. The van der Waals surface area contributed by atoms with Gasteiger partial charge in [-0.25, -0.2) is 8.60 Å². The summed E-state index contributed by atoms with van der Waals surface area (Å²) in [5, 5.41) is 2.95. The third-order valence-electron chi connectivity index (χ3n) is 5.92. The molecular formula is C28H29FN2O3S2. The second-order valence-electron chi connectivity index (χ2n) is 8.54. The molecule has 1 atom stereocenters. The summed E-state index contributed by atoms with van der Waals surface area (Å²) in [5.41, 5.74) is 1.88. The number of halogens is 1. The zero-order valence-electron chi connectivity index (χ0n) is 20.2. The van der Waals surface area contributed by atoms with E-state index in [1.165, 1.54) is 29.9 Å². The maximum Gasteiger partial charge on any atom is 0.259 e. The fraction of sp³-hybridized carbons (Fsp3) is 0.286. The van der Waals surface area contributed by atoms with E-state index in [-0.39, 0.29) is 24.2 Å². The first-order valence-electron chi connectivity index (χ1n) is 12.1. The average Bonchev–Trinajstić information content (AvgIpc) is 2.98. The van der Waals surface area contributed by atoms with Crippen molar-refractivity contribution in [2.45, 2.75) is 42.5 Å². The Morgan fingerprint density at radius 1 is 1.00 bits per heavy atom. The highest BCUT2D eigenvalue weighted by Gasteiger charge is 2.31. The van der Waals surface area contributed by atoms with Crippen LogP contribution in [-0.2, 0) is 17.3 Å². The van der Waals surface area contributed by atoms with Crippen LogP contribution in [0.5, 0.6) is 0 Å². The predicted molar refractivity (Wildman–Crippen MR) is 144 cm³/mol. The smallest absolute Gasteiger partial charge is 0.259 e. The Bertz CT molecular complexity index is 1260. The molecule has 3 aromatic carbocycles. The summed E-state index contributed by atoms with van der Waals surface area (Å²) in [7, 11) is -1.60. The Morgan fingerprint density at radius 3 is 2.53 bits per heavy atom. The highest BCUT2D eigenvalue weighted by Crippen LogP contribution is 2.36. The molecule has 3 aromatic rings. The van der Waals surface area contributed by atoms with Crippen LogP contribution < -0.4 is 10.2 Å². The first kappa shape index (κ1) is 26.1. The van der Waals surface area contributed by atoms with Gasteiger partial charge in [0, 0.05) is 12.1 Å². The van der Waals surface area contributed by atoms with Gasteiger partial charge in [-0.15, -0.1) is 0 Å². The largest absolute Gasteiger partial charge is 0.352 e. The maximum atomic E-state index is 13.6. The van der Waals surface area contributed by atoms with Gasteiger partial charge in [0.1, 0.15) is 5.82 Å². The SMILES string of the molecule is CCCCSCCCNC(=O)c1ccc2c(c1)N(Cc1ccc(F)cc1)C(=O)c1ccccc1[S@]2=O. The lowest BCUT2D eigenvalue weighted by atomic mass is 10.1. The lowest BCUT2D eigenvalue weighted by molar-refractivity contribution is 0.0950. The normalized spacial score (nSPS) is 14.7. The molecule has 188 valence electrons. The number of anilines is 1. The number of hydrogen-bond acceptors (Lipinski definition) is 4. The Morgan fingerprint density at radius 2 is 1.75 bits per heavy atom. The molecule has 5 nitrogen and oxygen atoms in total. The van der Waals surface area contributed by atoms with E-state index in [0.29, 0.717) is 33.2 Å². The first-order valence-corrected chi connectivity index (χ1v) is 14.4. The van der Waals surface area contributed by atoms with Crippen molar-refractivity contribution >= 4 is 40.1 Å². The van der Waals surface area contributed by atoms with Crippen LogP contribution in [0, 0.1) is 5.82 Å². The molecule has 0 saturated carbocycles. The van der Waals surface area contributed by atoms with Crippen molar-refractivity contribution in [2.24, 2.45) is 0 Å². The van der Waals surface area contributed by atoms with E-state index in [9.17, 15) is 18.2 Å². The highest BCUT2D eigenvalue weighted by atomic mass is 32.2. The summed E-state index contributed by atoms with van der Waals surface area (Å²) in [6.45, 7) is 2.88. The van der Waals surface area contributed by atoms with Gasteiger partial charge in [0.2, 0.25) is 0 Å². The molecule has 1 N–H and O–H groups in total. The minimum atomic E-state index is -1.60. The Balaban J connectivity index is 1.60. The summed E-state index contributed by atoms with van der Waals surface area (Å²) >= 11 is 1.89. The summed E-state index contributed by atoms with van der Waals surface area (Å²) in [5.74, 6) is 1.20. The van der Waals surface area contributed by atoms with E-state index < -0.39 is 10.8 Å². The van der Waals surface area contributed by atoms with Crippen molar-refractivity contribution in [3.05, 3.63) is 89.2 Å². The van der Waals surface area contributed by atoms with Gasteiger partial charge < -0.3 is 10.2 Å². The van der Waals surface area contributed by atoms with Gasteiger partial charge in [-0.1, -0.05) is 37.6 Å². The molecule has 0 bridgehead atoms. The molecule has 1 aliphatic heterocycles. The third-order valence-corrected chi connectivity index (χ3v) is 8.58. The number of nitrogens with one attached hydrogen (secondary N) is 1. The van der Waals surface area contributed by atoms with Crippen LogP contribution in [0.15, 0.2) is 76.5 Å². The van der Waals surface area contributed by atoms with Crippen molar-refractivity contribution in [1.29, 1.82) is 0 Å². The predicted octanol–water partition coefficient (Wildman–Crippen LogP) is 5.81.